The van der Waals surface area contributed by atoms with Gasteiger partial charge in [-0.3, -0.25) is 4.79 Å². The second kappa shape index (κ2) is 9.03. The summed E-state index contributed by atoms with van der Waals surface area (Å²) in [4.78, 5) is 12.8. The highest BCUT2D eigenvalue weighted by Gasteiger charge is 2.24. The molecule has 0 radical (unpaired) electrons. The Morgan fingerprint density at radius 1 is 1.19 bits per heavy atom. The predicted molar refractivity (Wildman–Crippen MR) is 101 cm³/mol. The maximum Gasteiger partial charge on any atom is 0.255 e. The zero-order valence-corrected chi connectivity index (χ0v) is 16.5. The van der Waals surface area contributed by atoms with Crippen molar-refractivity contribution < 1.29 is 22.7 Å². The Hall–Kier alpha value is -1.64. The van der Waals surface area contributed by atoms with Crippen LogP contribution in [-0.2, 0) is 14.8 Å². The van der Waals surface area contributed by atoms with Crippen LogP contribution in [0.15, 0.2) is 23.1 Å². The van der Waals surface area contributed by atoms with E-state index in [1.165, 1.54) is 31.7 Å². The summed E-state index contributed by atoms with van der Waals surface area (Å²) in [6.07, 6.45) is 7.00. The fraction of sp³-hybridized carbons (Fsp3) is 0.632. The number of hydrogen-bond acceptors (Lipinski definition) is 5. The zero-order chi connectivity index (χ0) is 19.3. The fourth-order valence-electron chi connectivity index (χ4n) is 3.63. The number of methoxy groups -OCH3 is 1. The van der Waals surface area contributed by atoms with Gasteiger partial charge in [0, 0.05) is 19.2 Å². The average Bonchev–Trinajstić information content (AvgIpc) is 3.20. The van der Waals surface area contributed by atoms with Crippen molar-refractivity contribution in [2.75, 3.05) is 20.3 Å². The molecular formula is C19H28N2O5S. The lowest BCUT2D eigenvalue weighted by Gasteiger charge is -2.23. The van der Waals surface area contributed by atoms with Gasteiger partial charge in [-0.1, -0.05) is 19.3 Å². The van der Waals surface area contributed by atoms with Gasteiger partial charge < -0.3 is 14.8 Å². The van der Waals surface area contributed by atoms with Gasteiger partial charge in [-0.2, -0.15) is 0 Å². The van der Waals surface area contributed by atoms with Crippen LogP contribution >= 0.6 is 0 Å². The Balaban J connectivity index is 1.74. The molecule has 1 aromatic rings. The fourth-order valence-corrected chi connectivity index (χ4v) is 4.73. The van der Waals surface area contributed by atoms with Crippen LogP contribution in [0.1, 0.15) is 55.3 Å². The minimum Gasteiger partial charge on any atom is -0.496 e. The van der Waals surface area contributed by atoms with Crippen molar-refractivity contribution in [1.82, 2.24) is 10.0 Å². The van der Waals surface area contributed by atoms with Gasteiger partial charge in [0.2, 0.25) is 10.0 Å². The third kappa shape index (κ3) is 5.21. The van der Waals surface area contributed by atoms with Crippen molar-refractivity contribution in [3.63, 3.8) is 0 Å². The van der Waals surface area contributed by atoms with Gasteiger partial charge in [0.05, 0.1) is 23.7 Å². The first-order valence-corrected chi connectivity index (χ1v) is 11.1. The number of rotatable bonds is 7. The lowest BCUT2D eigenvalue weighted by molar-refractivity contribution is 0.0924. The van der Waals surface area contributed by atoms with Crippen LogP contribution in [0.5, 0.6) is 5.75 Å². The summed E-state index contributed by atoms with van der Waals surface area (Å²) < 4.78 is 38.5. The van der Waals surface area contributed by atoms with Crippen LogP contribution in [0.2, 0.25) is 0 Å². The molecule has 1 aliphatic carbocycles. The van der Waals surface area contributed by atoms with E-state index in [2.05, 4.69) is 10.0 Å². The Kier molecular flexibility index (Phi) is 6.73. The summed E-state index contributed by atoms with van der Waals surface area (Å²) in [7, 11) is -2.26. The Morgan fingerprint density at radius 2 is 1.96 bits per heavy atom. The van der Waals surface area contributed by atoms with Crippen molar-refractivity contribution in [3.05, 3.63) is 23.8 Å². The molecule has 1 unspecified atom stereocenters. The largest absolute Gasteiger partial charge is 0.496 e. The summed E-state index contributed by atoms with van der Waals surface area (Å²) in [6, 6.07) is 4.49. The third-order valence-corrected chi connectivity index (χ3v) is 6.61. The molecule has 8 heteroatoms. The van der Waals surface area contributed by atoms with Crippen LogP contribution in [0.3, 0.4) is 0 Å². The van der Waals surface area contributed by atoms with Crippen molar-refractivity contribution >= 4 is 15.9 Å². The SMILES string of the molecule is COc1ccc(S(=O)(=O)NCC2CCCO2)cc1C(=O)NC1CCCCC1. The highest BCUT2D eigenvalue weighted by molar-refractivity contribution is 7.89. The Labute approximate surface area is 160 Å². The summed E-state index contributed by atoms with van der Waals surface area (Å²) in [5.74, 6) is 0.0660. The molecule has 1 aromatic carbocycles. The number of nitrogens with one attached hydrogen (secondary N) is 2. The molecule has 1 atom stereocenters. The quantitative estimate of drug-likeness (QED) is 0.737. The van der Waals surface area contributed by atoms with E-state index in [1.807, 2.05) is 0 Å². The predicted octanol–water partition coefficient (Wildman–Crippen LogP) is 2.21. The summed E-state index contributed by atoms with van der Waals surface area (Å²) >= 11 is 0. The lowest BCUT2D eigenvalue weighted by atomic mass is 9.95. The van der Waals surface area contributed by atoms with Crippen molar-refractivity contribution in [3.8, 4) is 5.75 Å². The maximum atomic E-state index is 12.7. The van der Waals surface area contributed by atoms with Gasteiger partial charge in [-0.25, -0.2) is 13.1 Å². The van der Waals surface area contributed by atoms with E-state index in [-0.39, 0.29) is 35.1 Å². The second-order valence-electron chi connectivity index (χ2n) is 7.16. The first-order chi connectivity index (χ1) is 13.0. The molecule has 1 saturated carbocycles. The smallest absolute Gasteiger partial charge is 0.255 e. The summed E-state index contributed by atoms with van der Waals surface area (Å²) in [6.45, 7) is 0.901. The molecule has 27 heavy (non-hydrogen) atoms. The normalized spacial score (nSPS) is 21.1. The molecule has 0 bridgehead atoms. The first-order valence-electron chi connectivity index (χ1n) is 9.60. The molecule has 0 aromatic heterocycles. The van der Waals surface area contributed by atoms with E-state index >= 15 is 0 Å². The molecule has 150 valence electrons. The third-order valence-electron chi connectivity index (χ3n) is 5.19. The van der Waals surface area contributed by atoms with Crippen LogP contribution in [0.4, 0.5) is 0 Å². The number of hydrogen-bond donors (Lipinski definition) is 2. The lowest BCUT2D eigenvalue weighted by Crippen LogP contribution is -2.36. The van der Waals surface area contributed by atoms with Crippen molar-refractivity contribution in [1.29, 1.82) is 0 Å². The molecule has 3 rings (SSSR count). The summed E-state index contributed by atoms with van der Waals surface area (Å²) in [5.41, 5.74) is 0.239. The molecule has 2 fully saturated rings. The molecule has 0 spiro atoms. The minimum absolute atomic E-state index is 0.0510. The maximum absolute atomic E-state index is 12.7. The molecular weight excluding hydrogens is 368 g/mol. The molecule has 1 aliphatic heterocycles. The molecule has 1 amide bonds. The van der Waals surface area contributed by atoms with E-state index in [4.69, 9.17) is 9.47 Å². The van der Waals surface area contributed by atoms with E-state index in [0.717, 1.165) is 38.5 Å². The molecule has 2 aliphatic rings. The first kappa shape index (κ1) is 20.1. The van der Waals surface area contributed by atoms with Crippen LogP contribution in [0, 0.1) is 0 Å². The number of benzene rings is 1. The van der Waals surface area contributed by atoms with Gasteiger partial charge >= 0.3 is 0 Å². The number of amides is 1. The van der Waals surface area contributed by atoms with Gasteiger partial charge in [-0.05, 0) is 43.9 Å². The minimum atomic E-state index is -3.73. The van der Waals surface area contributed by atoms with E-state index < -0.39 is 10.0 Å². The van der Waals surface area contributed by atoms with E-state index in [0.29, 0.717) is 12.4 Å². The monoisotopic (exact) mass is 396 g/mol. The number of sulfonamides is 1. The molecule has 2 N–H and O–H groups in total. The number of carbonyl (C=O) groups excluding carboxylic acids is 1. The Morgan fingerprint density at radius 3 is 2.63 bits per heavy atom. The average molecular weight is 397 g/mol. The second-order valence-corrected chi connectivity index (χ2v) is 8.92. The summed E-state index contributed by atoms with van der Waals surface area (Å²) in [5, 5.41) is 3.01. The van der Waals surface area contributed by atoms with E-state index in [1.54, 1.807) is 0 Å². The molecule has 7 nitrogen and oxygen atoms in total. The van der Waals surface area contributed by atoms with Gasteiger partial charge in [0.15, 0.2) is 0 Å². The highest BCUT2D eigenvalue weighted by Crippen LogP contribution is 2.24. The number of carbonyl (C=O) groups is 1. The van der Waals surface area contributed by atoms with Crippen LogP contribution in [-0.4, -0.2) is 46.7 Å². The Bertz CT molecular complexity index is 753. The van der Waals surface area contributed by atoms with Gasteiger partial charge in [-0.15, -0.1) is 0 Å². The number of ether oxygens (including phenoxy) is 2. The van der Waals surface area contributed by atoms with Crippen LogP contribution < -0.4 is 14.8 Å². The van der Waals surface area contributed by atoms with Crippen molar-refractivity contribution in [2.24, 2.45) is 0 Å². The van der Waals surface area contributed by atoms with Crippen molar-refractivity contribution in [2.45, 2.75) is 62.0 Å². The zero-order valence-electron chi connectivity index (χ0n) is 15.7. The van der Waals surface area contributed by atoms with E-state index in [9.17, 15) is 13.2 Å². The topological polar surface area (TPSA) is 93.7 Å². The highest BCUT2D eigenvalue weighted by atomic mass is 32.2. The standard InChI is InChI=1S/C19H28N2O5S/c1-25-18-10-9-16(27(23,24)20-13-15-8-5-11-26-15)12-17(18)19(22)21-14-6-3-2-4-7-14/h9-10,12,14-15,20H,2-8,11,13H2,1H3,(H,21,22). The van der Waals surface area contributed by atoms with Crippen LogP contribution in [0.25, 0.3) is 0 Å². The molecule has 1 heterocycles. The molecule has 1 saturated heterocycles. The van der Waals surface area contributed by atoms with Gasteiger partial charge in [0.1, 0.15) is 5.75 Å². The van der Waals surface area contributed by atoms with Gasteiger partial charge in [0.25, 0.3) is 5.91 Å².